The Balaban J connectivity index is 0.00000194. The topological polar surface area (TPSA) is 137 Å². The highest BCUT2D eigenvalue weighted by molar-refractivity contribution is 7.51. The van der Waals surface area contributed by atoms with E-state index in [2.05, 4.69) is 20.4 Å². The highest BCUT2D eigenvalue weighted by atomic mass is 31.2. The third-order valence-corrected chi connectivity index (χ3v) is 4.12. The molecule has 1 rings (SSSR count). The third kappa shape index (κ3) is 9.09. The number of aliphatic hydroxyl groups is 3. The molecule has 0 bridgehead atoms. The van der Waals surface area contributed by atoms with Crippen LogP contribution in [0.4, 0.5) is 0 Å². The van der Waals surface area contributed by atoms with Crippen LogP contribution in [0.15, 0.2) is 36.6 Å². The van der Waals surface area contributed by atoms with Crippen molar-refractivity contribution in [1.29, 1.82) is 0 Å². The van der Waals surface area contributed by atoms with E-state index in [0.29, 0.717) is 0 Å². The maximum Gasteiger partial charge on any atom is 0.325 e. The molecule has 0 radical (unpaired) electrons. The molecule has 0 aliphatic carbocycles. The predicted octanol–water partition coefficient (Wildman–Crippen LogP) is 1.44. The van der Waals surface area contributed by atoms with Crippen molar-refractivity contribution in [2.45, 2.75) is 64.3 Å². The fourth-order valence-electron chi connectivity index (χ4n) is 2.03. The quantitative estimate of drug-likeness (QED) is 0.249. The fraction of sp³-hybridized carbons (Fsp3) is 0.647. The van der Waals surface area contributed by atoms with Crippen LogP contribution < -0.4 is 0 Å². The second kappa shape index (κ2) is 12.4. The van der Waals surface area contributed by atoms with Crippen LogP contribution in [0.2, 0.25) is 0 Å². The van der Waals surface area contributed by atoms with Crippen molar-refractivity contribution in [3.63, 3.8) is 0 Å². The Morgan fingerprint density at radius 1 is 1.19 bits per heavy atom. The number of allylic oxidation sites excluding steroid dienone is 4. The van der Waals surface area contributed by atoms with Crippen molar-refractivity contribution in [2.24, 2.45) is 0 Å². The molecule has 152 valence electrons. The minimum absolute atomic E-state index is 0.197. The molecule has 0 saturated carbocycles. The Morgan fingerprint density at radius 3 is 2.23 bits per heavy atom. The molecule has 1 aliphatic heterocycles. The monoisotopic (exact) mass is 394 g/mol. The first kappa shape index (κ1) is 25.0. The van der Waals surface area contributed by atoms with Gasteiger partial charge >= 0.3 is 7.60 Å². The zero-order chi connectivity index (χ0) is 20.3. The molecule has 26 heavy (non-hydrogen) atoms. The second-order valence-corrected chi connectivity index (χ2v) is 7.59. The molecule has 0 amide bonds. The average molecular weight is 394 g/mol. The van der Waals surface area contributed by atoms with Crippen LogP contribution >= 0.6 is 7.60 Å². The van der Waals surface area contributed by atoms with Gasteiger partial charge in [0.25, 0.3) is 0 Å². The van der Waals surface area contributed by atoms with Crippen molar-refractivity contribution in [2.75, 3.05) is 6.16 Å². The van der Waals surface area contributed by atoms with E-state index in [1.165, 1.54) is 12.5 Å². The smallest absolute Gasteiger partial charge is 0.325 e. The first-order valence-electron chi connectivity index (χ1n) is 8.47. The number of aliphatic hydroxyl groups excluding tert-OH is 3. The van der Waals surface area contributed by atoms with Gasteiger partial charge in [0.1, 0.15) is 24.1 Å². The lowest BCUT2D eigenvalue weighted by Gasteiger charge is -2.40. The fourth-order valence-corrected chi connectivity index (χ4v) is 2.62. The largest absolute Gasteiger partial charge is 0.462 e. The molecular weight excluding hydrogens is 363 g/mol. The summed E-state index contributed by atoms with van der Waals surface area (Å²) in [4.78, 5) is 17.8. The summed E-state index contributed by atoms with van der Waals surface area (Å²) in [6.07, 6.45) is -0.0806. The lowest BCUT2D eigenvalue weighted by molar-refractivity contribution is -0.285. The summed E-state index contributed by atoms with van der Waals surface area (Å²) in [5.41, 5.74) is 0. The van der Waals surface area contributed by atoms with E-state index in [1.807, 2.05) is 0 Å². The normalized spacial score (nSPS) is 29.8. The van der Waals surface area contributed by atoms with Crippen LogP contribution in [0.3, 0.4) is 0 Å². The van der Waals surface area contributed by atoms with Gasteiger partial charge in [0.05, 0.1) is 12.3 Å². The molecular formula is C17H31O8P. The Kier molecular flexibility index (Phi) is 11.9. The van der Waals surface area contributed by atoms with Crippen molar-refractivity contribution < 1.29 is 39.1 Å². The molecule has 1 heterocycles. The van der Waals surface area contributed by atoms with Crippen LogP contribution in [0.5, 0.6) is 0 Å². The molecule has 3 unspecified atom stereocenters. The van der Waals surface area contributed by atoms with Crippen LogP contribution in [-0.4, -0.2) is 62.0 Å². The summed E-state index contributed by atoms with van der Waals surface area (Å²) in [7, 11) is -4.27. The summed E-state index contributed by atoms with van der Waals surface area (Å²) >= 11 is 0. The van der Waals surface area contributed by atoms with E-state index in [-0.39, 0.29) is 12.2 Å². The lowest BCUT2D eigenvalue weighted by Crippen LogP contribution is -2.58. The van der Waals surface area contributed by atoms with E-state index in [9.17, 15) is 19.9 Å². The average Bonchev–Trinajstić information content (AvgIpc) is 2.57. The van der Waals surface area contributed by atoms with Crippen LogP contribution in [0.1, 0.15) is 33.6 Å². The van der Waals surface area contributed by atoms with Crippen LogP contribution in [0.25, 0.3) is 0 Å². The second-order valence-electron chi connectivity index (χ2n) is 5.82. The Bertz CT molecular complexity index is 513. The maximum atomic E-state index is 10.9. The Labute approximate surface area is 154 Å². The highest BCUT2D eigenvalue weighted by Gasteiger charge is 2.45. The number of hydrogen-bond acceptors (Lipinski definition) is 6. The lowest BCUT2D eigenvalue weighted by atomic mass is 9.97. The standard InChI is InChI=1S/C14H23O8P.C3H8/c1-3-5-6-9(4-2)21-14-13(17)12(16)11(15)10(22-14)7-8-23(18,19)20;1-3-2/h3-6,10-17H,2,7-8H2,1H3,(H2,18,19,20);3H2,1-2H3/b5-3-,9-6+;/t10?,11-,12?,13?,14+;/m1./s1. The van der Waals surface area contributed by atoms with Gasteiger partial charge in [-0.3, -0.25) is 4.57 Å². The minimum atomic E-state index is -4.27. The first-order valence-corrected chi connectivity index (χ1v) is 10.3. The summed E-state index contributed by atoms with van der Waals surface area (Å²) in [6, 6.07) is 0. The number of hydrogen-bond donors (Lipinski definition) is 5. The van der Waals surface area contributed by atoms with Crippen LogP contribution in [-0.2, 0) is 14.0 Å². The summed E-state index contributed by atoms with van der Waals surface area (Å²) < 4.78 is 21.7. The third-order valence-electron chi connectivity index (χ3n) is 3.28. The Morgan fingerprint density at radius 2 is 1.77 bits per heavy atom. The molecule has 1 aliphatic rings. The molecule has 1 saturated heterocycles. The van der Waals surface area contributed by atoms with Gasteiger partial charge in [0.2, 0.25) is 6.29 Å². The molecule has 5 N–H and O–H groups in total. The Hall–Kier alpha value is -0.990. The molecule has 1 fully saturated rings. The van der Waals surface area contributed by atoms with Gasteiger partial charge in [-0.2, -0.15) is 0 Å². The zero-order valence-corrected chi connectivity index (χ0v) is 16.3. The molecule has 0 aromatic rings. The van der Waals surface area contributed by atoms with Crippen molar-refractivity contribution in [1.82, 2.24) is 0 Å². The molecule has 5 atom stereocenters. The van der Waals surface area contributed by atoms with Gasteiger partial charge < -0.3 is 34.6 Å². The predicted molar refractivity (Wildman–Crippen MR) is 98.4 cm³/mol. The zero-order valence-electron chi connectivity index (χ0n) is 15.4. The van der Waals surface area contributed by atoms with Gasteiger partial charge in [0.15, 0.2) is 0 Å². The van der Waals surface area contributed by atoms with E-state index >= 15 is 0 Å². The van der Waals surface area contributed by atoms with Crippen molar-refractivity contribution in [3.8, 4) is 0 Å². The molecule has 0 spiro atoms. The van der Waals surface area contributed by atoms with Crippen molar-refractivity contribution >= 4 is 7.60 Å². The number of rotatable bonds is 7. The van der Waals surface area contributed by atoms with Gasteiger partial charge in [-0.25, -0.2) is 0 Å². The van der Waals surface area contributed by atoms with E-state index in [1.54, 1.807) is 25.2 Å². The minimum Gasteiger partial charge on any atom is -0.462 e. The molecule has 0 aromatic heterocycles. The maximum absolute atomic E-state index is 10.9. The van der Waals surface area contributed by atoms with Crippen molar-refractivity contribution in [3.05, 3.63) is 36.6 Å². The summed E-state index contributed by atoms with van der Waals surface area (Å²) in [5, 5.41) is 29.7. The molecule has 8 nitrogen and oxygen atoms in total. The highest BCUT2D eigenvalue weighted by Crippen LogP contribution is 2.37. The van der Waals surface area contributed by atoms with E-state index < -0.39 is 44.5 Å². The SMILES string of the molecule is C=C/C(=C\C=C/C)O[C@H]1OC(CCP(=O)(O)O)[C@@H](O)C(O)C1O.CCC. The van der Waals surface area contributed by atoms with E-state index in [4.69, 9.17) is 19.3 Å². The summed E-state index contributed by atoms with van der Waals surface area (Å²) in [6.45, 7) is 9.59. The first-order chi connectivity index (χ1) is 12.1. The molecule has 9 heteroatoms. The van der Waals surface area contributed by atoms with Gasteiger partial charge in [-0.1, -0.05) is 39.0 Å². The van der Waals surface area contributed by atoms with Gasteiger partial charge in [0, 0.05) is 0 Å². The van der Waals surface area contributed by atoms with E-state index in [0.717, 1.165) is 0 Å². The van der Waals surface area contributed by atoms with Crippen LogP contribution in [0, 0.1) is 0 Å². The summed E-state index contributed by atoms with van der Waals surface area (Å²) in [5.74, 6) is 0.268. The molecule has 0 aromatic carbocycles. The van der Waals surface area contributed by atoms with Gasteiger partial charge in [-0.05, 0) is 25.5 Å². The van der Waals surface area contributed by atoms with Gasteiger partial charge in [-0.15, -0.1) is 0 Å². The number of ether oxygens (including phenoxy) is 2.